The van der Waals surface area contributed by atoms with E-state index in [1.807, 2.05) is 0 Å². The molecular weight excluding hydrogens is 214 g/mol. The summed E-state index contributed by atoms with van der Waals surface area (Å²) in [6, 6.07) is 0. The average molecular weight is 237 g/mol. The van der Waals surface area contributed by atoms with Gasteiger partial charge in [-0.2, -0.15) is 0 Å². The van der Waals surface area contributed by atoms with Crippen molar-refractivity contribution in [2.24, 2.45) is 17.8 Å². The van der Waals surface area contributed by atoms with Gasteiger partial charge in [0.15, 0.2) is 0 Å². The molecule has 2 heterocycles. The molecule has 2 aliphatic heterocycles. The largest absolute Gasteiger partial charge is 0.373 e. The summed E-state index contributed by atoms with van der Waals surface area (Å²) in [5.74, 6) is 2.17. The summed E-state index contributed by atoms with van der Waals surface area (Å²) in [6.45, 7) is 6.19. The SMILES string of the molecule is CC1CC(C(=O)N2CC[C@H]3C[C@@H](C)O[C@@H]3C2)C1. The molecular formula is C14H23NO2. The van der Waals surface area contributed by atoms with Crippen LogP contribution in [0.2, 0.25) is 0 Å². The first-order valence-corrected chi connectivity index (χ1v) is 7.07. The van der Waals surface area contributed by atoms with Gasteiger partial charge in [0, 0.05) is 19.0 Å². The average Bonchev–Trinajstić information content (AvgIpc) is 2.62. The van der Waals surface area contributed by atoms with Crippen LogP contribution in [0.4, 0.5) is 0 Å². The second-order valence-corrected chi connectivity index (χ2v) is 6.33. The number of ether oxygens (including phenoxy) is 1. The second kappa shape index (κ2) is 4.27. The molecule has 2 saturated heterocycles. The van der Waals surface area contributed by atoms with Crippen molar-refractivity contribution in [3.63, 3.8) is 0 Å². The number of likely N-dealkylation sites (tertiary alicyclic amines) is 1. The molecule has 0 spiro atoms. The third-order valence-electron chi connectivity index (χ3n) is 4.77. The van der Waals surface area contributed by atoms with E-state index in [9.17, 15) is 4.79 Å². The summed E-state index contributed by atoms with van der Waals surface area (Å²) in [4.78, 5) is 14.3. The van der Waals surface area contributed by atoms with E-state index < -0.39 is 0 Å². The number of carbonyl (C=O) groups is 1. The Morgan fingerprint density at radius 2 is 2.00 bits per heavy atom. The van der Waals surface area contributed by atoms with Crippen LogP contribution in [0.3, 0.4) is 0 Å². The predicted molar refractivity (Wildman–Crippen MR) is 65.5 cm³/mol. The van der Waals surface area contributed by atoms with Crippen LogP contribution in [0.15, 0.2) is 0 Å². The van der Waals surface area contributed by atoms with Crippen molar-refractivity contribution in [3.05, 3.63) is 0 Å². The minimum Gasteiger partial charge on any atom is -0.373 e. The Morgan fingerprint density at radius 3 is 2.71 bits per heavy atom. The van der Waals surface area contributed by atoms with Gasteiger partial charge in [-0.1, -0.05) is 6.92 Å². The van der Waals surface area contributed by atoms with Crippen LogP contribution in [0.25, 0.3) is 0 Å². The van der Waals surface area contributed by atoms with Gasteiger partial charge < -0.3 is 9.64 Å². The van der Waals surface area contributed by atoms with Gasteiger partial charge in [0.25, 0.3) is 0 Å². The number of piperidine rings is 1. The molecule has 3 rings (SSSR count). The van der Waals surface area contributed by atoms with Gasteiger partial charge in [-0.05, 0) is 44.4 Å². The fraction of sp³-hybridized carbons (Fsp3) is 0.929. The topological polar surface area (TPSA) is 29.5 Å². The van der Waals surface area contributed by atoms with E-state index >= 15 is 0 Å². The molecule has 3 aliphatic rings. The van der Waals surface area contributed by atoms with Crippen molar-refractivity contribution in [1.29, 1.82) is 0 Å². The van der Waals surface area contributed by atoms with Gasteiger partial charge in [0.2, 0.25) is 5.91 Å². The van der Waals surface area contributed by atoms with Crippen LogP contribution < -0.4 is 0 Å². The van der Waals surface area contributed by atoms with Crippen molar-refractivity contribution in [1.82, 2.24) is 4.90 Å². The van der Waals surface area contributed by atoms with Gasteiger partial charge in [0.05, 0.1) is 12.2 Å². The zero-order chi connectivity index (χ0) is 12.0. The quantitative estimate of drug-likeness (QED) is 0.698. The van der Waals surface area contributed by atoms with Gasteiger partial charge in [-0.15, -0.1) is 0 Å². The highest BCUT2D eigenvalue weighted by Gasteiger charge is 2.41. The Balaban J connectivity index is 1.57. The molecule has 3 atom stereocenters. The van der Waals surface area contributed by atoms with E-state index in [1.165, 1.54) is 6.42 Å². The summed E-state index contributed by atoms with van der Waals surface area (Å²) in [6.07, 6.45) is 5.24. The van der Waals surface area contributed by atoms with E-state index in [4.69, 9.17) is 4.74 Å². The number of hydrogen-bond acceptors (Lipinski definition) is 2. The molecule has 17 heavy (non-hydrogen) atoms. The summed E-state index contributed by atoms with van der Waals surface area (Å²) in [7, 11) is 0. The maximum atomic E-state index is 12.3. The van der Waals surface area contributed by atoms with Gasteiger partial charge >= 0.3 is 0 Å². The highest BCUT2D eigenvalue weighted by Crippen LogP contribution is 2.37. The van der Waals surface area contributed by atoms with Crippen molar-refractivity contribution in [3.8, 4) is 0 Å². The first-order valence-electron chi connectivity index (χ1n) is 7.07. The Hall–Kier alpha value is -0.570. The Morgan fingerprint density at radius 1 is 1.24 bits per heavy atom. The minimum absolute atomic E-state index is 0.320. The molecule has 3 fully saturated rings. The van der Waals surface area contributed by atoms with E-state index in [2.05, 4.69) is 18.7 Å². The molecule has 0 aromatic rings. The lowest BCUT2D eigenvalue weighted by Crippen LogP contribution is -2.49. The lowest BCUT2D eigenvalue weighted by atomic mass is 9.75. The maximum Gasteiger partial charge on any atom is 0.225 e. The standard InChI is InChI=1S/C14H23NO2/c1-9-5-12(6-9)14(16)15-4-3-11-7-10(2)17-13(11)8-15/h9-13H,3-8H2,1-2H3/t9?,10-,11+,12?,13-/m1/s1. The number of fused-ring (bicyclic) bond motifs is 1. The summed E-state index contributed by atoms with van der Waals surface area (Å²) in [5, 5.41) is 0. The van der Waals surface area contributed by atoms with Crippen molar-refractivity contribution < 1.29 is 9.53 Å². The molecule has 0 bridgehead atoms. The van der Waals surface area contributed by atoms with Crippen LogP contribution >= 0.6 is 0 Å². The van der Waals surface area contributed by atoms with Crippen LogP contribution in [0.1, 0.15) is 39.5 Å². The molecule has 3 nitrogen and oxygen atoms in total. The molecule has 0 aromatic heterocycles. The number of hydrogen-bond donors (Lipinski definition) is 0. The zero-order valence-electron chi connectivity index (χ0n) is 10.9. The van der Waals surface area contributed by atoms with Crippen LogP contribution in [-0.2, 0) is 9.53 Å². The number of nitrogens with zero attached hydrogens (tertiary/aromatic N) is 1. The lowest BCUT2D eigenvalue weighted by molar-refractivity contribution is -0.144. The molecule has 1 aliphatic carbocycles. The van der Waals surface area contributed by atoms with Crippen LogP contribution in [-0.4, -0.2) is 36.1 Å². The van der Waals surface area contributed by atoms with Crippen molar-refractivity contribution in [2.75, 3.05) is 13.1 Å². The molecule has 1 amide bonds. The molecule has 0 radical (unpaired) electrons. The third kappa shape index (κ3) is 2.10. The maximum absolute atomic E-state index is 12.3. The number of carbonyl (C=O) groups excluding carboxylic acids is 1. The normalized spacial score (nSPS) is 45.3. The molecule has 96 valence electrons. The molecule has 3 heteroatoms. The van der Waals surface area contributed by atoms with Gasteiger partial charge in [-0.3, -0.25) is 4.79 Å². The van der Waals surface area contributed by atoms with E-state index in [0.29, 0.717) is 30.0 Å². The summed E-state index contributed by atoms with van der Waals surface area (Å²) < 4.78 is 5.90. The van der Waals surface area contributed by atoms with Gasteiger partial charge in [-0.25, -0.2) is 0 Å². The van der Waals surface area contributed by atoms with E-state index in [1.54, 1.807) is 0 Å². The second-order valence-electron chi connectivity index (χ2n) is 6.33. The Kier molecular flexibility index (Phi) is 2.89. The first kappa shape index (κ1) is 11.5. The monoisotopic (exact) mass is 237 g/mol. The van der Waals surface area contributed by atoms with Crippen LogP contribution in [0.5, 0.6) is 0 Å². The number of amides is 1. The predicted octanol–water partition coefficient (Wildman–Crippen LogP) is 2.06. The molecule has 1 saturated carbocycles. The van der Waals surface area contributed by atoms with E-state index in [-0.39, 0.29) is 0 Å². The zero-order valence-corrected chi connectivity index (χ0v) is 10.9. The lowest BCUT2D eigenvalue weighted by Gasteiger charge is -2.40. The molecule has 0 unspecified atom stereocenters. The van der Waals surface area contributed by atoms with Gasteiger partial charge in [0.1, 0.15) is 0 Å². The summed E-state index contributed by atoms with van der Waals surface area (Å²) in [5.41, 5.74) is 0. The minimum atomic E-state index is 0.320. The third-order valence-corrected chi connectivity index (χ3v) is 4.77. The number of rotatable bonds is 1. The fourth-order valence-electron chi connectivity index (χ4n) is 3.73. The Bertz CT molecular complexity index is 311. The van der Waals surface area contributed by atoms with Crippen molar-refractivity contribution >= 4 is 5.91 Å². The van der Waals surface area contributed by atoms with Crippen molar-refractivity contribution in [2.45, 2.75) is 51.7 Å². The fourth-order valence-corrected chi connectivity index (χ4v) is 3.73. The van der Waals surface area contributed by atoms with Crippen LogP contribution in [0, 0.1) is 17.8 Å². The molecule has 0 N–H and O–H groups in total. The highest BCUT2D eigenvalue weighted by atomic mass is 16.5. The molecule has 0 aromatic carbocycles. The first-order chi connectivity index (χ1) is 8.13. The summed E-state index contributed by atoms with van der Waals surface area (Å²) >= 11 is 0. The smallest absolute Gasteiger partial charge is 0.225 e. The highest BCUT2D eigenvalue weighted by molar-refractivity contribution is 5.79. The van der Waals surface area contributed by atoms with E-state index in [0.717, 1.165) is 38.3 Å². The Labute approximate surface area is 104 Å².